The van der Waals surface area contributed by atoms with E-state index in [1.54, 1.807) is 18.4 Å². The van der Waals surface area contributed by atoms with Crippen LogP contribution in [-0.2, 0) is 4.84 Å². The van der Waals surface area contributed by atoms with Gasteiger partial charge in [0.1, 0.15) is 0 Å². The minimum atomic E-state index is 0.391. The van der Waals surface area contributed by atoms with Crippen molar-refractivity contribution in [2.24, 2.45) is 5.73 Å². The van der Waals surface area contributed by atoms with E-state index < -0.39 is 0 Å². The number of allylic oxidation sites excluding steroid dienone is 2. The molecule has 0 spiro atoms. The molecule has 1 heterocycles. The van der Waals surface area contributed by atoms with Crippen LogP contribution in [0, 0.1) is 0 Å². The monoisotopic (exact) mass is 98.0 g/mol. The van der Waals surface area contributed by atoms with Crippen LogP contribution in [0.4, 0.5) is 0 Å². The van der Waals surface area contributed by atoms with Crippen LogP contribution >= 0.6 is 0 Å². The summed E-state index contributed by atoms with van der Waals surface area (Å²) in [5, 5.41) is 0. The van der Waals surface area contributed by atoms with Crippen molar-refractivity contribution in [3.05, 3.63) is 24.2 Å². The Morgan fingerprint density at radius 3 is 2.86 bits per heavy atom. The van der Waals surface area contributed by atoms with Crippen LogP contribution in [0.5, 0.6) is 0 Å². The molecule has 1 aliphatic heterocycles. The largest absolute Gasteiger partial charge is 0.368 e. The topological polar surface area (TPSA) is 47.3 Å². The Morgan fingerprint density at radius 2 is 2.57 bits per heavy atom. The molecule has 7 heavy (non-hydrogen) atoms. The molecule has 3 N–H and O–H groups in total. The van der Waals surface area contributed by atoms with E-state index in [4.69, 9.17) is 5.73 Å². The maximum absolute atomic E-state index is 5.16. The fourth-order valence-corrected chi connectivity index (χ4v) is 0.318. The van der Waals surface area contributed by atoms with Gasteiger partial charge in [0.15, 0.2) is 0 Å². The zero-order chi connectivity index (χ0) is 5.11. The van der Waals surface area contributed by atoms with E-state index >= 15 is 0 Å². The number of nitrogens with one attached hydrogen (secondary N) is 1. The summed E-state index contributed by atoms with van der Waals surface area (Å²) in [4.78, 5) is 4.58. The average molecular weight is 98.1 g/mol. The lowest BCUT2D eigenvalue weighted by atomic mass is 10.5. The van der Waals surface area contributed by atoms with Crippen LogP contribution in [0.2, 0.25) is 0 Å². The van der Waals surface area contributed by atoms with Gasteiger partial charge in [-0.2, -0.15) is 0 Å². The summed E-state index contributed by atoms with van der Waals surface area (Å²) >= 11 is 0. The van der Waals surface area contributed by atoms with Crippen LogP contribution < -0.4 is 11.2 Å². The molecule has 3 nitrogen and oxygen atoms in total. The number of nitrogens with two attached hydrogens (primary N) is 1. The maximum Gasteiger partial charge on any atom is 0.217 e. The summed E-state index contributed by atoms with van der Waals surface area (Å²) in [7, 11) is 0. The first-order chi connectivity index (χ1) is 3.39. The van der Waals surface area contributed by atoms with Crippen LogP contribution in [0.3, 0.4) is 0 Å². The SMILES string of the molecule is NC1=CC=CNO1. The van der Waals surface area contributed by atoms with Gasteiger partial charge in [-0.15, -0.1) is 0 Å². The number of hydrogen-bond donors (Lipinski definition) is 2. The fourth-order valence-electron chi connectivity index (χ4n) is 0.318. The number of rotatable bonds is 0. The average Bonchev–Trinajstić information content (AvgIpc) is 1.69. The normalized spacial score (nSPS) is 16.9. The molecule has 0 unspecified atom stereocenters. The first-order valence-electron chi connectivity index (χ1n) is 1.94. The van der Waals surface area contributed by atoms with Gasteiger partial charge in [0.05, 0.1) is 0 Å². The van der Waals surface area contributed by atoms with Crippen molar-refractivity contribution < 1.29 is 4.84 Å². The minimum absolute atomic E-state index is 0.391. The van der Waals surface area contributed by atoms with Crippen molar-refractivity contribution in [2.45, 2.75) is 0 Å². The molecule has 0 aromatic rings. The lowest BCUT2D eigenvalue weighted by Crippen LogP contribution is -2.14. The van der Waals surface area contributed by atoms with Gasteiger partial charge in [-0.3, -0.25) is 0 Å². The van der Waals surface area contributed by atoms with E-state index in [-0.39, 0.29) is 0 Å². The molecular weight excluding hydrogens is 92.1 g/mol. The second-order valence-corrected chi connectivity index (χ2v) is 1.15. The van der Waals surface area contributed by atoms with Crippen LogP contribution in [-0.4, -0.2) is 0 Å². The zero-order valence-corrected chi connectivity index (χ0v) is 3.72. The minimum Gasteiger partial charge on any atom is -0.368 e. The molecule has 0 saturated heterocycles. The second-order valence-electron chi connectivity index (χ2n) is 1.15. The molecule has 0 saturated carbocycles. The van der Waals surface area contributed by atoms with Gasteiger partial charge in [0.25, 0.3) is 0 Å². The highest BCUT2D eigenvalue weighted by molar-refractivity contribution is 5.06. The van der Waals surface area contributed by atoms with Crippen molar-refractivity contribution in [1.82, 2.24) is 5.48 Å². The molecule has 3 heteroatoms. The molecular formula is C4H6N2O. The Morgan fingerprint density at radius 1 is 1.71 bits per heavy atom. The third kappa shape index (κ3) is 0.855. The highest BCUT2D eigenvalue weighted by Gasteiger charge is 1.87. The Labute approximate surface area is 41.4 Å². The van der Waals surface area contributed by atoms with E-state index in [0.29, 0.717) is 5.88 Å². The Kier molecular flexibility index (Phi) is 0.898. The zero-order valence-electron chi connectivity index (χ0n) is 3.72. The quantitative estimate of drug-likeness (QED) is 0.442. The van der Waals surface area contributed by atoms with E-state index in [2.05, 4.69) is 10.3 Å². The third-order valence-corrected chi connectivity index (χ3v) is 0.602. The highest BCUT2D eigenvalue weighted by atomic mass is 16.7. The van der Waals surface area contributed by atoms with Gasteiger partial charge in [-0.25, -0.2) is 5.48 Å². The maximum atomic E-state index is 5.16. The van der Waals surface area contributed by atoms with Crippen molar-refractivity contribution in [3.8, 4) is 0 Å². The number of hydroxylamine groups is 1. The first-order valence-corrected chi connectivity index (χ1v) is 1.94. The second kappa shape index (κ2) is 1.55. The molecule has 0 aromatic carbocycles. The molecule has 0 aromatic heterocycles. The first kappa shape index (κ1) is 4.05. The predicted octanol–water partition coefficient (Wildman–Crippen LogP) is -0.165. The molecule has 0 amide bonds. The predicted molar refractivity (Wildman–Crippen MR) is 25.6 cm³/mol. The lowest BCUT2D eigenvalue weighted by Gasteiger charge is -2.04. The van der Waals surface area contributed by atoms with Gasteiger partial charge in [-0.1, -0.05) is 0 Å². The van der Waals surface area contributed by atoms with E-state index in [1.807, 2.05) is 0 Å². The van der Waals surface area contributed by atoms with Gasteiger partial charge in [-0.05, 0) is 6.08 Å². The van der Waals surface area contributed by atoms with Gasteiger partial charge in [0.2, 0.25) is 5.88 Å². The summed E-state index contributed by atoms with van der Waals surface area (Å²) in [6.07, 6.45) is 5.08. The Balaban J connectivity index is 2.57. The Hall–Kier alpha value is -1.12. The van der Waals surface area contributed by atoms with Crippen molar-refractivity contribution >= 4 is 0 Å². The lowest BCUT2D eigenvalue weighted by molar-refractivity contribution is 0.136. The van der Waals surface area contributed by atoms with Gasteiger partial charge < -0.3 is 10.6 Å². The molecule has 1 aliphatic rings. The molecule has 0 radical (unpaired) electrons. The third-order valence-electron chi connectivity index (χ3n) is 0.602. The molecule has 1 rings (SSSR count). The summed E-state index contributed by atoms with van der Waals surface area (Å²) in [5.41, 5.74) is 7.62. The van der Waals surface area contributed by atoms with Crippen molar-refractivity contribution in [2.75, 3.05) is 0 Å². The standard InChI is InChI=1S/C4H6N2O/c5-4-2-1-3-6-7-4/h1-3,6H,5H2. The summed E-state index contributed by atoms with van der Waals surface area (Å²) in [6, 6.07) is 0. The van der Waals surface area contributed by atoms with Crippen LogP contribution in [0.15, 0.2) is 24.2 Å². The summed E-state index contributed by atoms with van der Waals surface area (Å²) < 4.78 is 0. The number of hydrogen-bond acceptors (Lipinski definition) is 3. The smallest absolute Gasteiger partial charge is 0.217 e. The molecule has 38 valence electrons. The van der Waals surface area contributed by atoms with Crippen LogP contribution in [0.1, 0.15) is 0 Å². The molecule has 0 fully saturated rings. The van der Waals surface area contributed by atoms with Crippen molar-refractivity contribution in [3.63, 3.8) is 0 Å². The van der Waals surface area contributed by atoms with E-state index in [1.165, 1.54) is 0 Å². The van der Waals surface area contributed by atoms with Gasteiger partial charge in [0, 0.05) is 12.3 Å². The Bertz CT molecular complexity index is 117. The van der Waals surface area contributed by atoms with E-state index in [0.717, 1.165) is 0 Å². The summed E-state index contributed by atoms with van der Waals surface area (Å²) in [6.45, 7) is 0. The van der Waals surface area contributed by atoms with Crippen LogP contribution in [0.25, 0.3) is 0 Å². The fraction of sp³-hybridized carbons (Fsp3) is 0. The van der Waals surface area contributed by atoms with Crippen molar-refractivity contribution in [1.29, 1.82) is 0 Å². The molecule has 0 atom stereocenters. The van der Waals surface area contributed by atoms with E-state index in [9.17, 15) is 0 Å². The molecule has 0 aliphatic carbocycles. The van der Waals surface area contributed by atoms with Gasteiger partial charge >= 0.3 is 0 Å². The summed E-state index contributed by atoms with van der Waals surface area (Å²) in [5.74, 6) is 0.391. The highest BCUT2D eigenvalue weighted by Crippen LogP contribution is 1.89. The molecule has 0 bridgehead atoms.